The summed E-state index contributed by atoms with van der Waals surface area (Å²) in [5.74, 6) is -0.820. The van der Waals surface area contributed by atoms with Crippen LogP contribution in [0.25, 0.3) is 23.1 Å². The second kappa shape index (κ2) is 23.6. The fourth-order valence-electron chi connectivity index (χ4n) is 19.4. The minimum Gasteiger partial charge on any atom is -0.482 e. The topological polar surface area (TPSA) is 182 Å². The molecule has 12 nitrogen and oxygen atoms in total. The molecule has 0 amide bonds. The molecule has 460 valence electrons. The number of carbonyl (C=O) groups is 2. The lowest BCUT2D eigenvalue weighted by molar-refractivity contribution is -0.212. The number of benzene rings is 5. The number of fused-ring (bicyclic) bond motifs is 19. The van der Waals surface area contributed by atoms with Gasteiger partial charge in [0.2, 0.25) is 0 Å². The lowest BCUT2D eigenvalue weighted by Crippen LogP contribution is -2.62. The third-order valence-corrected chi connectivity index (χ3v) is 23.2. The average Bonchev–Trinajstić information content (AvgIpc) is 1.52. The van der Waals surface area contributed by atoms with Crippen molar-refractivity contribution < 1.29 is 53.4 Å². The first kappa shape index (κ1) is 58.2. The molecule has 16 rings (SSSR count). The standard InChI is InChI=1S/C77H80O12/c1-44(40-79)54-28-20-45-18-21-47(22-19-45)55-29-25-49(57-14-7-17-65-60(57)31-27-53-12-6-11-52-26-23-48-10-3-5-16-64(48)77(52,53)65)37-51(55)38-68(82)86-72-70-67(33-32-61-63(41-80)69(75(84)87-71(61)70)50(34-36-78)42-85-43-81)89-76(73(72)88-74(54)83)35-8-15-59-58-30-24-46-9-2-4-13-56(46)62(58)39-66(59)76/h2-5,7,9-10,13-14,16-19,21-26,29-30,32-33,49-53,55,58-59,62,66,72-73,78-81H,6,8,11-12,15,20,27-28,31,34-43H2,1H3/b54-44-/t49-,50-,51+,52+,53+,55+,58-,59+,62-,66-,72-,73+,76+,77+/m1/s1. The Hall–Kier alpha value is -7.19. The van der Waals surface area contributed by atoms with Crippen molar-refractivity contribution in [2.45, 2.75) is 150 Å². The SMILES string of the molecule is C/C(CO)=C1\CCc2ccc(cc2)[C@@H]2C=C[C@@H](c3cccc4c3CC[C@@H]3CCC[C@H]5C=Cc6ccccc6[C@@]435)C[C@H]2CC(=O)O[C@@H]2c3c(ccc4c(CO)c([C@H](CCO)COCO)c(=O)oc34)O[C@]3(CCC[C@H]4[C@H]5C=Cc6ccccc6[C@H]5C[C@H]43)[C@H]2OC1=O. The van der Waals surface area contributed by atoms with Crippen LogP contribution in [0.15, 0.2) is 148 Å². The number of allylic oxidation sites excluding steroid dienone is 4. The van der Waals surface area contributed by atoms with E-state index < -0.39 is 54.7 Å². The van der Waals surface area contributed by atoms with E-state index in [0.29, 0.717) is 59.8 Å². The van der Waals surface area contributed by atoms with E-state index in [9.17, 15) is 25.2 Å². The molecule has 5 aromatic carbocycles. The van der Waals surface area contributed by atoms with Gasteiger partial charge in [0.1, 0.15) is 18.1 Å². The normalized spacial score (nSPS) is 31.4. The zero-order chi connectivity index (χ0) is 60.7. The molecule has 7 aliphatic carbocycles. The Morgan fingerprint density at radius 1 is 0.753 bits per heavy atom. The maximum absolute atomic E-state index is 16.1. The van der Waals surface area contributed by atoms with Crippen molar-refractivity contribution in [3.8, 4) is 5.75 Å². The first-order valence-corrected chi connectivity index (χ1v) is 32.9. The third kappa shape index (κ3) is 9.50. The number of aliphatic hydroxyl groups excluding tert-OH is 4. The Labute approximate surface area is 520 Å². The molecule has 4 N–H and O–H groups in total. The molecule has 14 atom stereocenters. The van der Waals surface area contributed by atoms with Gasteiger partial charge in [-0.3, -0.25) is 4.79 Å². The van der Waals surface area contributed by atoms with Gasteiger partial charge in [-0.2, -0.15) is 0 Å². The van der Waals surface area contributed by atoms with Gasteiger partial charge in [-0.1, -0.05) is 134 Å². The fourth-order valence-corrected chi connectivity index (χ4v) is 19.4. The van der Waals surface area contributed by atoms with Gasteiger partial charge >= 0.3 is 17.6 Å². The molecule has 1 aromatic heterocycles. The van der Waals surface area contributed by atoms with Crippen molar-refractivity contribution in [2.24, 2.45) is 35.5 Å². The monoisotopic (exact) mass is 1200 g/mol. The van der Waals surface area contributed by atoms with E-state index in [1.807, 2.05) is 0 Å². The molecular weight excluding hydrogens is 1120 g/mol. The molecule has 3 aliphatic heterocycles. The number of aliphatic hydroxyl groups is 4. The predicted molar refractivity (Wildman–Crippen MR) is 339 cm³/mol. The summed E-state index contributed by atoms with van der Waals surface area (Å²) in [4.78, 5) is 46.5. The van der Waals surface area contributed by atoms with Crippen molar-refractivity contribution >= 4 is 35.1 Å². The number of hydrogen-bond donors (Lipinski definition) is 4. The van der Waals surface area contributed by atoms with Crippen molar-refractivity contribution in [1.29, 1.82) is 0 Å². The van der Waals surface area contributed by atoms with Crippen LogP contribution in [0.3, 0.4) is 0 Å². The van der Waals surface area contributed by atoms with Crippen LogP contribution in [0.1, 0.15) is 181 Å². The average molecular weight is 1200 g/mol. The molecule has 12 heteroatoms. The highest BCUT2D eigenvalue weighted by molar-refractivity contribution is 5.91. The first-order chi connectivity index (χ1) is 43.6. The van der Waals surface area contributed by atoms with Crippen LogP contribution < -0.4 is 10.4 Å². The number of ether oxygens (including phenoxy) is 4. The zero-order valence-corrected chi connectivity index (χ0v) is 50.7. The third-order valence-electron chi connectivity index (χ3n) is 23.2. The Kier molecular flexibility index (Phi) is 15.4. The minimum atomic E-state index is -1.38. The number of aryl methyl sites for hydroxylation is 1. The molecule has 10 aliphatic rings. The van der Waals surface area contributed by atoms with Gasteiger partial charge in [-0.05, 0) is 193 Å². The van der Waals surface area contributed by atoms with Gasteiger partial charge in [-0.25, -0.2) is 9.59 Å². The summed E-state index contributed by atoms with van der Waals surface area (Å²) in [6, 6.07) is 36.7. The number of carbonyl (C=O) groups excluding carboxylic acids is 2. The maximum atomic E-state index is 16.1. The molecule has 0 saturated heterocycles. The molecular formula is C77H80O12. The van der Waals surface area contributed by atoms with E-state index in [1.165, 1.54) is 51.8 Å². The van der Waals surface area contributed by atoms with E-state index >= 15 is 9.59 Å². The summed E-state index contributed by atoms with van der Waals surface area (Å²) in [6.07, 6.45) is 21.5. The van der Waals surface area contributed by atoms with Crippen molar-refractivity contribution in [3.63, 3.8) is 0 Å². The predicted octanol–water partition coefficient (Wildman–Crippen LogP) is 13.1. The molecule has 2 spiro atoms. The number of hydrogen-bond acceptors (Lipinski definition) is 12. The number of rotatable bonds is 9. The van der Waals surface area contributed by atoms with Crippen LogP contribution in [0.2, 0.25) is 0 Å². The molecule has 0 unspecified atom stereocenters. The van der Waals surface area contributed by atoms with Crippen molar-refractivity contribution in [1.82, 2.24) is 0 Å². The van der Waals surface area contributed by atoms with Crippen LogP contribution in [-0.4, -0.2) is 70.7 Å². The van der Waals surface area contributed by atoms with E-state index in [1.54, 1.807) is 19.1 Å². The summed E-state index contributed by atoms with van der Waals surface area (Å²) in [7, 11) is 0. The van der Waals surface area contributed by atoms with Crippen molar-refractivity contribution in [3.05, 3.63) is 216 Å². The zero-order valence-electron chi connectivity index (χ0n) is 50.7. The van der Waals surface area contributed by atoms with Crippen LogP contribution >= 0.6 is 0 Å². The minimum absolute atomic E-state index is 0.00000476. The second-order valence-corrected chi connectivity index (χ2v) is 27.2. The Bertz CT molecular complexity index is 3940. The lowest BCUT2D eigenvalue weighted by Gasteiger charge is -2.55. The van der Waals surface area contributed by atoms with Gasteiger partial charge in [-0.15, -0.1) is 0 Å². The largest absolute Gasteiger partial charge is 0.482 e. The molecule has 0 radical (unpaired) electrons. The Morgan fingerprint density at radius 2 is 1.56 bits per heavy atom. The fraction of sp³-hybridized carbons (Fsp3) is 0.442. The lowest BCUT2D eigenvalue weighted by atomic mass is 9.48. The van der Waals surface area contributed by atoms with Crippen LogP contribution in [-0.2, 0) is 48.7 Å². The van der Waals surface area contributed by atoms with E-state index in [4.69, 9.17) is 23.4 Å². The summed E-state index contributed by atoms with van der Waals surface area (Å²) in [5, 5.41) is 42.5. The van der Waals surface area contributed by atoms with Gasteiger partial charge < -0.3 is 43.8 Å². The summed E-state index contributed by atoms with van der Waals surface area (Å²) in [6.45, 7) is -0.300. The maximum Gasteiger partial charge on any atom is 0.340 e. The van der Waals surface area contributed by atoms with Crippen LogP contribution in [0, 0.1) is 35.5 Å². The van der Waals surface area contributed by atoms with Crippen LogP contribution in [0.5, 0.6) is 5.75 Å². The molecule has 3 fully saturated rings. The highest BCUT2D eigenvalue weighted by Crippen LogP contribution is 2.65. The summed E-state index contributed by atoms with van der Waals surface area (Å²) < 4.78 is 34.0. The van der Waals surface area contributed by atoms with Crippen molar-refractivity contribution in [2.75, 3.05) is 26.6 Å². The molecule has 89 heavy (non-hydrogen) atoms. The molecule has 3 saturated carbocycles. The quantitative estimate of drug-likeness (QED) is 0.0354. The van der Waals surface area contributed by atoms with Gasteiger partial charge in [0.15, 0.2) is 17.8 Å². The van der Waals surface area contributed by atoms with E-state index in [0.717, 1.165) is 43.2 Å². The van der Waals surface area contributed by atoms with Gasteiger partial charge in [0.25, 0.3) is 0 Å². The number of esters is 2. The first-order valence-electron chi connectivity index (χ1n) is 32.9. The molecule has 6 aromatic rings. The van der Waals surface area contributed by atoms with Gasteiger partial charge in [0, 0.05) is 58.6 Å². The van der Waals surface area contributed by atoms with E-state index in [-0.39, 0.29) is 108 Å². The summed E-state index contributed by atoms with van der Waals surface area (Å²) in [5.41, 5.74) is 10.7. The highest BCUT2D eigenvalue weighted by Gasteiger charge is 2.65. The Morgan fingerprint density at radius 3 is 2.39 bits per heavy atom. The molecule has 4 heterocycles. The smallest absolute Gasteiger partial charge is 0.340 e. The summed E-state index contributed by atoms with van der Waals surface area (Å²) >= 11 is 0. The van der Waals surface area contributed by atoms with Gasteiger partial charge in [0.05, 0.1) is 25.4 Å². The Balaban J connectivity index is 0.884. The molecule has 2 bridgehead atoms. The van der Waals surface area contributed by atoms with Crippen LogP contribution in [0.4, 0.5) is 0 Å². The highest BCUT2D eigenvalue weighted by atomic mass is 16.6. The van der Waals surface area contributed by atoms with E-state index in [2.05, 4.69) is 127 Å². The second-order valence-electron chi connectivity index (χ2n) is 27.2.